The summed E-state index contributed by atoms with van der Waals surface area (Å²) in [6.45, 7) is 0.734. The van der Waals surface area contributed by atoms with E-state index >= 15 is 0 Å². The molecule has 88 valence electrons. The second-order valence-corrected chi connectivity index (χ2v) is 3.79. The number of carbonyl (C=O) groups is 2. The Labute approximate surface area is 95.8 Å². The summed E-state index contributed by atoms with van der Waals surface area (Å²) in [7, 11) is 0. The summed E-state index contributed by atoms with van der Waals surface area (Å²) >= 11 is 0. The summed E-state index contributed by atoms with van der Waals surface area (Å²) in [5, 5.41) is 5.92. The summed E-state index contributed by atoms with van der Waals surface area (Å²) in [5.74, 6) is 0. The Kier molecular flexibility index (Phi) is 5.99. The SMILES string of the molecule is O=CCNC=C1CCCC(=CNCC=O)C1. The fraction of sp³-hybridized carbons (Fsp3) is 0.500. The van der Waals surface area contributed by atoms with Crippen LogP contribution in [0.2, 0.25) is 0 Å². The predicted octanol–water partition coefficient (Wildman–Crippen LogP) is 0.905. The van der Waals surface area contributed by atoms with Crippen molar-refractivity contribution in [3.63, 3.8) is 0 Å². The number of carbonyl (C=O) groups excluding carboxylic acids is 2. The van der Waals surface area contributed by atoms with E-state index in [4.69, 9.17) is 0 Å². The van der Waals surface area contributed by atoms with Crippen LogP contribution in [0.5, 0.6) is 0 Å². The van der Waals surface area contributed by atoms with Gasteiger partial charge in [0.1, 0.15) is 12.6 Å². The maximum Gasteiger partial charge on any atom is 0.139 e. The highest BCUT2D eigenvalue weighted by atomic mass is 16.1. The second-order valence-electron chi connectivity index (χ2n) is 3.79. The van der Waals surface area contributed by atoms with Gasteiger partial charge in [0.05, 0.1) is 13.1 Å². The fourth-order valence-corrected chi connectivity index (χ4v) is 1.76. The van der Waals surface area contributed by atoms with Gasteiger partial charge < -0.3 is 20.2 Å². The van der Waals surface area contributed by atoms with Crippen LogP contribution in [-0.2, 0) is 9.59 Å². The maximum atomic E-state index is 10.1. The molecule has 0 bridgehead atoms. The van der Waals surface area contributed by atoms with E-state index in [1.54, 1.807) is 0 Å². The maximum absolute atomic E-state index is 10.1. The van der Waals surface area contributed by atoms with Gasteiger partial charge in [-0.2, -0.15) is 0 Å². The van der Waals surface area contributed by atoms with Gasteiger partial charge in [-0.05, 0) is 38.1 Å². The Bertz CT molecular complexity index is 267. The van der Waals surface area contributed by atoms with Crippen LogP contribution in [-0.4, -0.2) is 25.7 Å². The lowest BCUT2D eigenvalue weighted by Crippen LogP contribution is -2.13. The van der Waals surface area contributed by atoms with Gasteiger partial charge in [-0.15, -0.1) is 0 Å². The number of nitrogens with one attached hydrogen (secondary N) is 2. The van der Waals surface area contributed by atoms with Crippen molar-refractivity contribution in [2.45, 2.75) is 25.7 Å². The molecule has 1 rings (SSSR count). The third-order valence-corrected chi connectivity index (χ3v) is 2.46. The third-order valence-electron chi connectivity index (χ3n) is 2.46. The standard InChI is InChI=1S/C12H18N2O2/c15-6-4-13-9-11-2-1-3-12(8-11)10-14-5-7-16/h6-7,9-10,13-14H,1-5,8H2. The largest absolute Gasteiger partial charge is 0.384 e. The average molecular weight is 222 g/mol. The van der Waals surface area contributed by atoms with E-state index in [0.29, 0.717) is 13.1 Å². The summed E-state index contributed by atoms with van der Waals surface area (Å²) in [4.78, 5) is 20.3. The molecule has 0 saturated heterocycles. The molecule has 0 amide bonds. The van der Waals surface area contributed by atoms with Crippen LogP contribution < -0.4 is 10.6 Å². The Morgan fingerprint density at radius 2 is 1.44 bits per heavy atom. The number of hydrogen-bond donors (Lipinski definition) is 2. The Hall–Kier alpha value is -1.58. The molecule has 16 heavy (non-hydrogen) atoms. The molecule has 0 aromatic heterocycles. The topological polar surface area (TPSA) is 58.2 Å². The van der Waals surface area contributed by atoms with E-state index in [9.17, 15) is 9.59 Å². The van der Waals surface area contributed by atoms with Crippen LogP contribution in [0.3, 0.4) is 0 Å². The van der Waals surface area contributed by atoms with Gasteiger partial charge in [-0.1, -0.05) is 11.1 Å². The number of rotatable bonds is 6. The van der Waals surface area contributed by atoms with Crippen molar-refractivity contribution >= 4 is 12.6 Å². The summed E-state index contributed by atoms with van der Waals surface area (Å²) < 4.78 is 0. The molecule has 4 nitrogen and oxygen atoms in total. The zero-order chi connectivity index (χ0) is 11.6. The highest BCUT2D eigenvalue weighted by Gasteiger charge is 2.09. The van der Waals surface area contributed by atoms with Crippen LogP contribution in [0.25, 0.3) is 0 Å². The Morgan fingerprint density at radius 3 is 1.88 bits per heavy atom. The molecule has 0 spiro atoms. The van der Waals surface area contributed by atoms with Crippen molar-refractivity contribution in [3.05, 3.63) is 23.5 Å². The molecule has 1 aliphatic rings. The van der Waals surface area contributed by atoms with E-state index in [2.05, 4.69) is 10.6 Å². The van der Waals surface area contributed by atoms with Gasteiger partial charge in [0, 0.05) is 0 Å². The summed E-state index contributed by atoms with van der Waals surface area (Å²) in [6, 6.07) is 0. The van der Waals surface area contributed by atoms with E-state index in [-0.39, 0.29) is 0 Å². The molecule has 1 aliphatic carbocycles. The first-order valence-corrected chi connectivity index (χ1v) is 5.56. The van der Waals surface area contributed by atoms with E-state index in [0.717, 1.165) is 38.3 Å². The number of allylic oxidation sites excluding steroid dienone is 2. The first-order chi connectivity index (χ1) is 7.86. The highest BCUT2D eigenvalue weighted by Crippen LogP contribution is 2.26. The predicted molar refractivity (Wildman–Crippen MR) is 62.8 cm³/mol. The van der Waals surface area contributed by atoms with Crippen molar-refractivity contribution in [2.24, 2.45) is 0 Å². The highest BCUT2D eigenvalue weighted by molar-refractivity contribution is 5.52. The van der Waals surface area contributed by atoms with Crippen molar-refractivity contribution in [1.82, 2.24) is 10.6 Å². The van der Waals surface area contributed by atoms with Crippen LogP contribution in [0.1, 0.15) is 25.7 Å². The molecule has 0 heterocycles. The molecule has 0 aliphatic heterocycles. The second kappa shape index (κ2) is 7.68. The first-order valence-electron chi connectivity index (χ1n) is 5.56. The van der Waals surface area contributed by atoms with Gasteiger partial charge in [0.15, 0.2) is 0 Å². The number of aldehydes is 2. The molecule has 0 unspecified atom stereocenters. The monoisotopic (exact) mass is 222 g/mol. The average Bonchev–Trinajstić information content (AvgIpc) is 2.30. The minimum absolute atomic E-state index is 0.367. The lowest BCUT2D eigenvalue weighted by Gasteiger charge is -2.17. The van der Waals surface area contributed by atoms with E-state index in [1.165, 1.54) is 11.1 Å². The van der Waals surface area contributed by atoms with Crippen molar-refractivity contribution in [2.75, 3.05) is 13.1 Å². The van der Waals surface area contributed by atoms with Crippen molar-refractivity contribution < 1.29 is 9.59 Å². The van der Waals surface area contributed by atoms with Crippen LogP contribution >= 0.6 is 0 Å². The Morgan fingerprint density at radius 1 is 0.938 bits per heavy atom. The van der Waals surface area contributed by atoms with Crippen LogP contribution in [0, 0.1) is 0 Å². The lowest BCUT2D eigenvalue weighted by molar-refractivity contribution is -0.107. The molecule has 2 N–H and O–H groups in total. The third kappa shape index (κ3) is 4.77. The zero-order valence-electron chi connectivity index (χ0n) is 9.37. The van der Waals surface area contributed by atoms with Gasteiger partial charge in [-0.3, -0.25) is 0 Å². The van der Waals surface area contributed by atoms with E-state index < -0.39 is 0 Å². The van der Waals surface area contributed by atoms with Gasteiger partial charge in [0.2, 0.25) is 0 Å². The summed E-state index contributed by atoms with van der Waals surface area (Å²) in [6.07, 6.45) is 9.78. The Balaban J connectivity index is 2.39. The molecule has 1 fully saturated rings. The van der Waals surface area contributed by atoms with Crippen LogP contribution in [0.15, 0.2) is 23.5 Å². The molecular formula is C12H18N2O2. The molecule has 0 atom stereocenters. The quantitative estimate of drug-likeness (QED) is 0.518. The van der Waals surface area contributed by atoms with E-state index in [1.807, 2.05) is 12.4 Å². The minimum Gasteiger partial charge on any atom is -0.384 e. The summed E-state index contributed by atoms with van der Waals surface area (Å²) in [5.41, 5.74) is 2.62. The zero-order valence-corrected chi connectivity index (χ0v) is 9.37. The van der Waals surface area contributed by atoms with Gasteiger partial charge in [-0.25, -0.2) is 0 Å². The fourth-order valence-electron chi connectivity index (χ4n) is 1.76. The lowest BCUT2D eigenvalue weighted by atomic mass is 9.91. The normalized spacial score (nSPS) is 20.8. The van der Waals surface area contributed by atoms with Gasteiger partial charge in [0.25, 0.3) is 0 Å². The molecule has 0 aromatic carbocycles. The smallest absolute Gasteiger partial charge is 0.139 e. The molecule has 0 aromatic rings. The van der Waals surface area contributed by atoms with Crippen LogP contribution in [0.4, 0.5) is 0 Å². The minimum atomic E-state index is 0.367. The van der Waals surface area contributed by atoms with Gasteiger partial charge >= 0.3 is 0 Å². The molecular weight excluding hydrogens is 204 g/mol. The molecule has 1 saturated carbocycles. The number of hydrogen-bond acceptors (Lipinski definition) is 4. The molecule has 0 radical (unpaired) electrons. The van der Waals surface area contributed by atoms with Crippen molar-refractivity contribution in [1.29, 1.82) is 0 Å². The van der Waals surface area contributed by atoms with Crippen molar-refractivity contribution in [3.8, 4) is 0 Å². The molecule has 4 heteroatoms. The first kappa shape index (κ1) is 12.5.